The van der Waals surface area contributed by atoms with Gasteiger partial charge in [0.1, 0.15) is 5.75 Å². The quantitative estimate of drug-likeness (QED) is 0.903. The predicted molar refractivity (Wildman–Crippen MR) is 101 cm³/mol. The highest BCUT2D eigenvalue weighted by Gasteiger charge is 2.50. The van der Waals surface area contributed by atoms with Gasteiger partial charge in [-0.25, -0.2) is 0 Å². The molecule has 5 heteroatoms. The average Bonchev–Trinajstić information content (AvgIpc) is 2.98. The van der Waals surface area contributed by atoms with Crippen molar-refractivity contribution >= 4 is 11.6 Å². The van der Waals surface area contributed by atoms with E-state index in [1.807, 2.05) is 12.1 Å². The second-order valence-electron chi connectivity index (χ2n) is 8.21. The van der Waals surface area contributed by atoms with E-state index in [-0.39, 0.29) is 11.5 Å². The van der Waals surface area contributed by atoms with Crippen LogP contribution in [0.1, 0.15) is 44.9 Å². The zero-order valence-electron chi connectivity index (χ0n) is 15.7. The summed E-state index contributed by atoms with van der Waals surface area (Å²) in [5, 5.41) is 9.76. The number of methoxy groups -OCH3 is 1. The minimum Gasteiger partial charge on any atom is -0.497 e. The SMILES string of the molecule is COc1ccc(N2CCC[C@@]3(CCN([C@H]4CC[C@H](O)CC4)C3=O)C2)cc1. The average molecular weight is 358 g/mol. The van der Waals surface area contributed by atoms with E-state index in [0.717, 1.165) is 70.3 Å². The molecule has 1 atom stereocenters. The summed E-state index contributed by atoms with van der Waals surface area (Å²) in [4.78, 5) is 17.9. The molecule has 142 valence electrons. The smallest absolute Gasteiger partial charge is 0.230 e. The molecule has 1 aromatic rings. The number of likely N-dealkylation sites (tertiary alicyclic amines) is 1. The van der Waals surface area contributed by atoms with Crippen LogP contribution in [0.25, 0.3) is 0 Å². The van der Waals surface area contributed by atoms with E-state index in [0.29, 0.717) is 11.9 Å². The topological polar surface area (TPSA) is 53.0 Å². The Hall–Kier alpha value is -1.75. The summed E-state index contributed by atoms with van der Waals surface area (Å²) in [6.07, 6.45) is 6.43. The molecule has 1 amide bonds. The maximum absolute atomic E-state index is 13.4. The number of amides is 1. The van der Waals surface area contributed by atoms with Crippen LogP contribution in [0.15, 0.2) is 24.3 Å². The molecular weight excluding hydrogens is 328 g/mol. The summed E-state index contributed by atoms with van der Waals surface area (Å²) in [6.45, 7) is 2.72. The molecule has 0 bridgehead atoms. The Morgan fingerprint density at radius 3 is 2.50 bits per heavy atom. The van der Waals surface area contributed by atoms with E-state index in [1.54, 1.807) is 7.11 Å². The molecule has 2 saturated heterocycles. The van der Waals surface area contributed by atoms with Gasteiger partial charge in [-0.05, 0) is 69.2 Å². The number of hydrogen-bond acceptors (Lipinski definition) is 4. The van der Waals surface area contributed by atoms with Crippen LogP contribution in [0.5, 0.6) is 5.75 Å². The minimum atomic E-state index is -0.214. The van der Waals surface area contributed by atoms with Gasteiger partial charge in [0.05, 0.1) is 18.6 Å². The first-order chi connectivity index (χ1) is 12.6. The molecule has 3 fully saturated rings. The zero-order valence-corrected chi connectivity index (χ0v) is 15.7. The van der Waals surface area contributed by atoms with Gasteiger partial charge in [0.15, 0.2) is 0 Å². The molecule has 0 unspecified atom stereocenters. The van der Waals surface area contributed by atoms with Gasteiger partial charge in [-0.2, -0.15) is 0 Å². The van der Waals surface area contributed by atoms with Crippen LogP contribution in [0, 0.1) is 5.41 Å². The molecule has 2 heterocycles. The van der Waals surface area contributed by atoms with Crippen molar-refractivity contribution in [3.05, 3.63) is 24.3 Å². The van der Waals surface area contributed by atoms with E-state index in [2.05, 4.69) is 21.9 Å². The molecule has 1 saturated carbocycles. The molecule has 1 spiro atoms. The third-order valence-electron chi connectivity index (χ3n) is 6.67. The highest BCUT2D eigenvalue weighted by Crippen LogP contribution is 2.43. The first-order valence-corrected chi connectivity index (χ1v) is 9.99. The fourth-order valence-corrected chi connectivity index (χ4v) is 5.09. The number of benzene rings is 1. The number of aliphatic hydroxyl groups is 1. The molecule has 0 aromatic heterocycles. The molecule has 26 heavy (non-hydrogen) atoms. The Morgan fingerprint density at radius 1 is 1.08 bits per heavy atom. The highest BCUT2D eigenvalue weighted by molar-refractivity contribution is 5.86. The first kappa shape index (κ1) is 17.7. The van der Waals surface area contributed by atoms with Crippen molar-refractivity contribution in [3.8, 4) is 5.75 Å². The molecule has 0 radical (unpaired) electrons. The molecule has 1 aromatic carbocycles. The Kier molecular flexibility index (Phi) is 4.82. The Balaban J connectivity index is 1.46. The van der Waals surface area contributed by atoms with Gasteiger partial charge >= 0.3 is 0 Å². The van der Waals surface area contributed by atoms with Crippen LogP contribution in [-0.2, 0) is 4.79 Å². The summed E-state index contributed by atoms with van der Waals surface area (Å²) < 4.78 is 5.26. The van der Waals surface area contributed by atoms with E-state index in [9.17, 15) is 9.90 Å². The minimum absolute atomic E-state index is 0.168. The lowest BCUT2D eigenvalue weighted by molar-refractivity contribution is -0.139. The fraction of sp³-hybridized carbons (Fsp3) is 0.667. The van der Waals surface area contributed by atoms with Gasteiger partial charge in [-0.3, -0.25) is 4.79 Å². The normalized spacial score (nSPS) is 32.3. The number of anilines is 1. The van der Waals surface area contributed by atoms with E-state index < -0.39 is 0 Å². The maximum Gasteiger partial charge on any atom is 0.230 e. The number of ether oxygens (including phenoxy) is 1. The number of piperidine rings is 1. The van der Waals surface area contributed by atoms with Crippen LogP contribution >= 0.6 is 0 Å². The maximum atomic E-state index is 13.4. The van der Waals surface area contributed by atoms with Gasteiger partial charge in [0, 0.05) is 31.4 Å². The number of nitrogens with zero attached hydrogens (tertiary/aromatic N) is 2. The Morgan fingerprint density at radius 2 is 1.81 bits per heavy atom. The second-order valence-corrected chi connectivity index (χ2v) is 8.21. The van der Waals surface area contributed by atoms with Crippen LogP contribution in [0.2, 0.25) is 0 Å². The molecule has 5 nitrogen and oxygen atoms in total. The van der Waals surface area contributed by atoms with Crippen molar-refractivity contribution in [1.82, 2.24) is 4.90 Å². The van der Waals surface area contributed by atoms with Crippen molar-refractivity contribution in [1.29, 1.82) is 0 Å². The lowest BCUT2D eigenvalue weighted by Crippen LogP contribution is -2.50. The summed E-state index contributed by atoms with van der Waals surface area (Å²) in [7, 11) is 1.68. The molecule has 1 aliphatic carbocycles. The van der Waals surface area contributed by atoms with Gasteiger partial charge in [0.2, 0.25) is 5.91 Å². The van der Waals surface area contributed by atoms with Crippen molar-refractivity contribution in [2.75, 3.05) is 31.6 Å². The van der Waals surface area contributed by atoms with Crippen molar-refractivity contribution < 1.29 is 14.6 Å². The summed E-state index contributed by atoms with van der Waals surface area (Å²) in [5.74, 6) is 1.22. The second kappa shape index (κ2) is 7.10. The van der Waals surface area contributed by atoms with Gasteiger partial charge in [0.25, 0.3) is 0 Å². The van der Waals surface area contributed by atoms with E-state index in [4.69, 9.17) is 4.74 Å². The van der Waals surface area contributed by atoms with Crippen molar-refractivity contribution in [2.45, 2.75) is 57.1 Å². The zero-order chi connectivity index (χ0) is 18.1. The van der Waals surface area contributed by atoms with Gasteiger partial charge < -0.3 is 19.6 Å². The fourth-order valence-electron chi connectivity index (χ4n) is 5.09. The summed E-state index contributed by atoms with van der Waals surface area (Å²) in [5.41, 5.74) is 0.964. The van der Waals surface area contributed by atoms with Crippen molar-refractivity contribution in [3.63, 3.8) is 0 Å². The number of carbonyl (C=O) groups is 1. The lowest BCUT2D eigenvalue weighted by Gasteiger charge is -2.41. The summed E-state index contributed by atoms with van der Waals surface area (Å²) in [6, 6.07) is 8.51. The molecule has 2 aliphatic heterocycles. The number of hydrogen-bond donors (Lipinski definition) is 1. The third-order valence-corrected chi connectivity index (χ3v) is 6.67. The molecular formula is C21H30N2O3. The van der Waals surface area contributed by atoms with Crippen LogP contribution in [0.4, 0.5) is 5.69 Å². The van der Waals surface area contributed by atoms with Crippen LogP contribution < -0.4 is 9.64 Å². The Labute approximate surface area is 155 Å². The van der Waals surface area contributed by atoms with E-state index >= 15 is 0 Å². The first-order valence-electron chi connectivity index (χ1n) is 9.99. The van der Waals surface area contributed by atoms with Gasteiger partial charge in [-0.15, -0.1) is 0 Å². The van der Waals surface area contributed by atoms with Crippen LogP contribution in [0.3, 0.4) is 0 Å². The monoisotopic (exact) mass is 358 g/mol. The van der Waals surface area contributed by atoms with Crippen LogP contribution in [-0.4, -0.2) is 54.8 Å². The Bertz CT molecular complexity index is 639. The van der Waals surface area contributed by atoms with Gasteiger partial charge in [-0.1, -0.05) is 0 Å². The molecule has 3 aliphatic rings. The predicted octanol–water partition coefficient (Wildman–Crippen LogP) is 2.82. The highest BCUT2D eigenvalue weighted by atomic mass is 16.5. The largest absolute Gasteiger partial charge is 0.497 e. The summed E-state index contributed by atoms with van der Waals surface area (Å²) >= 11 is 0. The molecule has 1 N–H and O–H groups in total. The molecule has 4 rings (SSSR count). The van der Waals surface area contributed by atoms with Crippen molar-refractivity contribution in [2.24, 2.45) is 5.41 Å². The standard InChI is InChI=1S/C21H30N2O3/c1-26-19-9-5-16(6-10-19)22-13-2-11-21(15-22)12-14-23(20(21)25)17-3-7-18(24)8-4-17/h5-6,9-10,17-18,24H,2-4,7-8,11-15H2,1H3/t17-,18-,21-/m1/s1. The number of carbonyl (C=O) groups excluding carboxylic acids is 1. The number of rotatable bonds is 3. The lowest BCUT2D eigenvalue weighted by atomic mass is 9.78. The van der Waals surface area contributed by atoms with E-state index in [1.165, 1.54) is 5.69 Å². The third kappa shape index (κ3) is 3.18. The number of aliphatic hydroxyl groups excluding tert-OH is 1.